The first-order chi connectivity index (χ1) is 12.0. The maximum Gasteiger partial charge on any atom is 0.221 e. The molecule has 3 rings (SSSR count). The summed E-state index contributed by atoms with van der Waals surface area (Å²) in [7, 11) is 0. The fraction of sp³-hybridized carbons (Fsp3) is 0.111. The number of halogens is 2. The van der Waals surface area contributed by atoms with Gasteiger partial charge in [-0.15, -0.1) is 0 Å². The van der Waals surface area contributed by atoms with Crippen molar-refractivity contribution >= 4 is 28.1 Å². The maximum atomic E-state index is 13.8. The largest absolute Gasteiger partial charge is 0.489 e. The Morgan fingerprint density at radius 3 is 2.68 bits per heavy atom. The molecular weight excluding hydrogens is 387 g/mol. The van der Waals surface area contributed by atoms with Crippen LogP contribution < -0.4 is 10.5 Å². The fourth-order valence-electron chi connectivity index (χ4n) is 2.18. The lowest BCUT2D eigenvalue weighted by Crippen LogP contribution is -1.99. The molecule has 0 bridgehead atoms. The van der Waals surface area contributed by atoms with E-state index in [1.165, 1.54) is 10.7 Å². The van der Waals surface area contributed by atoms with Crippen LogP contribution in [0, 0.1) is 12.7 Å². The molecule has 2 N–H and O–H groups in total. The molecule has 1 heterocycles. The summed E-state index contributed by atoms with van der Waals surface area (Å²) >= 11 is 3.23. The van der Waals surface area contributed by atoms with Gasteiger partial charge in [0.25, 0.3) is 0 Å². The molecule has 0 atom stereocenters. The molecule has 7 heteroatoms. The molecule has 0 spiro atoms. The Kier molecular flexibility index (Phi) is 5.14. The molecule has 5 nitrogen and oxygen atoms in total. The summed E-state index contributed by atoms with van der Waals surface area (Å²) in [5.41, 5.74) is 7.92. The molecule has 0 saturated carbocycles. The van der Waals surface area contributed by atoms with E-state index in [1.54, 1.807) is 36.7 Å². The van der Waals surface area contributed by atoms with Gasteiger partial charge < -0.3 is 10.5 Å². The number of rotatable bonds is 5. The molecule has 0 unspecified atom stereocenters. The van der Waals surface area contributed by atoms with Crippen LogP contribution in [-0.2, 0) is 6.61 Å². The highest BCUT2D eigenvalue weighted by Crippen LogP contribution is 2.18. The summed E-state index contributed by atoms with van der Waals surface area (Å²) in [5, 5.41) is 4.25. The lowest BCUT2D eigenvalue weighted by atomic mass is 10.2. The van der Waals surface area contributed by atoms with Gasteiger partial charge in [0.2, 0.25) is 5.95 Å². The van der Waals surface area contributed by atoms with E-state index in [2.05, 4.69) is 26.0 Å². The molecule has 2 aromatic carbocycles. The van der Waals surface area contributed by atoms with Crippen molar-refractivity contribution in [3.63, 3.8) is 0 Å². The fourth-order valence-corrected chi connectivity index (χ4v) is 2.51. The molecule has 0 aliphatic heterocycles. The SMILES string of the molecule is Cc1cn(N=Cc2ccc(OCc3ccc(Br)cc3F)cc2)c(N)n1. The second-order valence-corrected chi connectivity index (χ2v) is 6.34. The number of hydrogen-bond donors (Lipinski definition) is 1. The van der Waals surface area contributed by atoms with Crippen LogP contribution in [-0.4, -0.2) is 15.9 Å². The van der Waals surface area contributed by atoms with Crippen molar-refractivity contribution in [1.82, 2.24) is 9.66 Å². The van der Waals surface area contributed by atoms with E-state index in [-0.39, 0.29) is 12.4 Å². The molecule has 1 aromatic heterocycles. The number of nitrogens with two attached hydrogens (primary N) is 1. The van der Waals surface area contributed by atoms with Gasteiger partial charge in [-0.2, -0.15) is 5.10 Å². The van der Waals surface area contributed by atoms with Gasteiger partial charge in [0.05, 0.1) is 18.1 Å². The van der Waals surface area contributed by atoms with Gasteiger partial charge in [-0.05, 0) is 48.9 Å². The number of hydrogen-bond acceptors (Lipinski definition) is 4. The summed E-state index contributed by atoms with van der Waals surface area (Å²) in [6.07, 6.45) is 3.42. The van der Waals surface area contributed by atoms with Crippen LogP contribution in [0.15, 0.2) is 58.2 Å². The predicted octanol–water partition coefficient (Wildman–Crippen LogP) is 4.14. The van der Waals surface area contributed by atoms with E-state index in [1.807, 2.05) is 19.1 Å². The minimum atomic E-state index is -0.300. The molecule has 0 amide bonds. The number of nitrogens with zero attached hydrogens (tertiary/aromatic N) is 3. The number of benzene rings is 2. The van der Waals surface area contributed by atoms with Crippen molar-refractivity contribution in [2.75, 3.05) is 5.73 Å². The number of aryl methyl sites for hydroxylation is 1. The maximum absolute atomic E-state index is 13.8. The van der Waals surface area contributed by atoms with E-state index in [0.29, 0.717) is 21.7 Å². The smallest absolute Gasteiger partial charge is 0.221 e. The van der Waals surface area contributed by atoms with Gasteiger partial charge in [0.15, 0.2) is 0 Å². The Balaban J connectivity index is 1.63. The topological polar surface area (TPSA) is 65.4 Å². The average molecular weight is 403 g/mol. The molecule has 3 aromatic rings. The number of anilines is 1. The molecule has 128 valence electrons. The summed E-state index contributed by atoms with van der Waals surface area (Å²) in [6, 6.07) is 12.2. The lowest BCUT2D eigenvalue weighted by Gasteiger charge is -2.07. The van der Waals surface area contributed by atoms with Crippen molar-refractivity contribution in [2.24, 2.45) is 5.10 Å². The third-order valence-electron chi connectivity index (χ3n) is 3.46. The van der Waals surface area contributed by atoms with E-state index >= 15 is 0 Å². The molecule has 0 aliphatic rings. The van der Waals surface area contributed by atoms with Crippen LogP contribution in [0.5, 0.6) is 5.75 Å². The van der Waals surface area contributed by atoms with Gasteiger partial charge in [-0.1, -0.05) is 22.0 Å². The van der Waals surface area contributed by atoms with Crippen LogP contribution >= 0.6 is 15.9 Å². The highest BCUT2D eigenvalue weighted by Gasteiger charge is 2.04. The van der Waals surface area contributed by atoms with E-state index < -0.39 is 0 Å². The number of imidazole rings is 1. The van der Waals surface area contributed by atoms with Crippen molar-refractivity contribution in [3.8, 4) is 5.75 Å². The van der Waals surface area contributed by atoms with Crippen LogP contribution in [0.25, 0.3) is 0 Å². The average Bonchev–Trinajstić information content (AvgIpc) is 2.91. The summed E-state index contributed by atoms with van der Waals surface area (Å²) < 4.78 is 21.6. The van der Waals surface area contributed by atoms with Crippen molar-refractivity contribution in [1.29, 1.82) is 0 Å². The van der Waals surface area contributed by atoms with Crippen LogP contribution in [0.1, 0.15) is 16.8 Å². The number of ether oxygens (including phenoxy) is 1. The monoisotopic (exact) mass is 402 g/mol. The van der Waals surface area contributed by atoms with E-state index in [4.69, 9.17) is 10.5 Å². The summed E-state index contributed by atoms with van der Waals surface area (Å²) in [4.78, 5) is 4.08. The minimum absolute atomic E-state index is 0.164. The molecular formula is C18H16BrFN4O. The summed E-state index contributed by atoms with van der Waals surface area (Å²) in [5.74, 6) is 0.689. The first-order valence-corrected chi connectivity index (χ1v) is 8.33. The van der Waals surface area contributed by atoms with Crippen molar-refractivity contribution in [3.05, 3.63) is 75.8 Å². The van der Waals surface area contributed by atoms with E-state index in [9.17, 15) is 4.39 Å². The Hall–Kier alpha value is -2.67. The molecule has 25 heavy (non-hydrogen) atoms. The predicted molar refractivity (Wildman–Crippen MR) is 99.2 cm³/mol. The normalized spacial score (nSPS) is 11.2. The number of aromatic nitrogens is 2. The van der Waals surface area contributed by atoms with Gasteiger partial charge in [0, 0.05) is 10.0 Å². The number of nitrogen functional groups attached to an aromatic ring is 1. The molecule has 0 fully saturated rings. The zero-order valence-electron chi connectivity index (χ0n) is 13.5. The van der Waals surface area contributed by atoms with Crippen LogP contribution in [0.2, 0.25) is 0 Å². The van der Waals surface area contributed by atoms with Gasteiger partial charge >= 0.3 is 0 Å². The van der Waals surface area contributed by atoms with Crippen molar-refractivity contribution < 1.29 is 9.13 Å². The Morgan fingerprint density at radius 1 is 1.28 bits per heavy atom. The van der Waals surface area contributed by atoms with Crippen molar-refractivity contribution in [2.45, 2.75) is 13.5 Å². The van der Waals surface area contributed by atoms with E-state index in [0.717, 1.165) is 11.3 Å². The molecule has 0 aliphatic carbocycles. The minimum Gasteiger partial charge on any atom is -0.489 e. The van der Waals surface area contributed by atoms with Gasteiger partial charge in [-0.3, -0.25) is 0 Å². The molecule has 0 radical (unpaired) electrons. The first kappa shape index (κ1) is 17.2. The second-order valence-electron chi connectivity index (χ2n) is 5.42. The zero-order valence-corrected chi connectivity index (χ0v) is 15.1. The molecule has 0 saturated heterocycles. The first-order valence-electron chi connectivity index (χ1n) is 7.54. The Labute approximate surface area is 153 Å². The zero-order chi connectivity index (χ0) is 17.8. The highest BCUT2D eigenvalue weighted by molar-refractivity contribution is 9.10. The highest BCUT2D eigenvalue weighted by atomic mass is 79.9. The Bertz CT molecular complexity index is 906. The van der Waals surface area contributed by atoms with Gasteiger partial charge in [0.1, 0.15) is 18.2 Å². The third kappa shape index (κ3) is 4.45. The van der Waals surface area contributed by atoms with Crippen LogP contribution in [0.4, 0.5) is 10.3 Å². The lowest BCUT2D eigenvalue weighted by molar-refractivity contribution is 0.300. The van der Waals surface area contributed by atoms with Crippen LogP contribution in [0.3, 0.4) is 0 Å². The Morgan fingerprint density at radius 2 is 2.04 bits per heavy atom. The summed E-state index contributed by atoms with van der Waals surface area (Å²) in [6.45, 7) is 2.01. The van der Waals surface area contributed by atoms with Gasteiger partial charge in [-0.25, -0.2) is 14.1 Å². The quantitative estimate of drug-likeness (QED) is 0.652. The standard InChI is InChI=1S/C18H16BrFN4O/c1-12-10-24(18(21)23-12)22-9-13-2-6-16(7-3-13)25-11-14-4-5-15(19)8-17(14)20/h2-10H,11H2,1H3,(H2,21,23). The second kappa shape index (κ2) is 7.48. The third-order valence-corrected chi connectivity index (χ3v) is 3.95.